The number of nitriles is 1. The van der Waals surface area contributed by atoms with Crippen molar-refractivity contribution in [2.45, 2.75) is 26.2 Å². The number of carbonyl (C=O) groups excluding carboxylic acids is 2. The average Bonchev–Trinajstić information content (AvgIpc) is 3.07. The van der Waals surface area contributed by atoms with E-state index >= 15 is 0 Å². The molecule has 2 rings (SSSR count). The lowest BCUT2D eigenvalue weighted by atomic mass is 10.1. The van der Waals surface area contributed by atoms with Crippen LogP contribution in [0.15, 0.2) is 30.5 Å². The van der Waals surface area contributed by atoms with Crippen LogP contribution < -0.4 is 10.6 Å². The van der Waals surface area contributed by atoms with Gasteiger partial charge in [-0.15, -0.1) is 0 Å². The monoisotopic (exact) mass is 438 g/mol. The van der Waals surface area contributed by atoms with Gasteiger partial charge < -0.3 is 24.7 Å². The number of halogens is 3. The van der Waals surface area contributed by atoms with Crippen molar-refractivity contribution < 1.29 is 32.2 Å². The largest absolute Gasteiger partial charge is 0.461 e. The third-order valence-electron chi connectivity index (χ3n) is 4.15. The van der Waals surface area contributed by atoms with Crippen LogP contribution in [-0.2, 0) is 28.7 Å². The molecule has 0 aliphatic heterocycles. The number of anilines is 1. The van der Waals surface area contributed by atoms with Crippen molar-refractivity contribution in [2.75, 3.05) is 25.6 Å². The molecule has 2 amide bonds. The van der Waals surface area contributed by atoms with E-state index in [1.807, 2.05) is 6.07 Å². The summed E-state index contributed by atoms with van der Waals surface area (Å²) in [7, 11) is 1.47. The molecule has 8 nitrogen and oxygen atoms in total. The van der Waals surface area contributed by atoms with Crippen LogP contribution in [-0.4, -0.2) is 36.9 Å². The van der Waals surface area contributed by atoms with Gasteiger partial charge in [-0.2, -0.15) is 18.4 Å². The minimum Gasteiger partial charge on any atom is -0.461 e. The van der Waals surface area contributed by atoms with Crippen LogP contribution >= 0.6 is 0 Å². The lowest BCUT2D eigenvalue weighted by molar-refractivity contribution is -0.137. The third-order valence-corrected chi connectivity index (χ3v) is 4.15. The summed E-state index contributed by atoms with van der Waals surface area (Å²) in [6, 6.07) is 5.61. The molecule has 2 aromatic rings. The summed E-state index contributed by atoms with van der Waals surface area (Å²) in [4.78, 5) is 24.8. The predicted octanol–water partition coefficient (Wildman–Crippen LogP) is 3.52. The highest BCUT2D eigenvalue weighted by molar-refractivity contribution is 6.01. The van der Waals surface area contributed by atoms with Crippen LogP contribution in [0.4, 0.5) is 23.7 Å². The highest BCUT2D eigenvalue weighted by Crippen LogP contribution is 2.29. The summed E-state index contributed by atoms with van der Waals surface area (Å²) >= 11 is 0. The molecule has 0 fully saturated rings. The highest BCUT2D eigenvalue weighted by atomic mass is 19.4. The number of aromatic nitrogens is 1. The van der Waals surface area contributed by atoms with Crippen molar-refractivity contribution in [1.82, 2.24) is 9.88 Å². The van der Waals surface area contributed by atoms with Crippen molar-refractivity contribution >= 4 is 17.7 Å². The van der Waals surface area contributed by atoms with E-state index < -0.39 is 23.7 Å². The van der Waals surface area contributed by atoms with Gasteiger partial charge in [0.25, 0.3) is 0 Å². The van der Waals surface area contributed by atoms with Gasteiger partial charge >= 0.3 is 18.2 Å². The number of amides is 2. The number of benzene rings is 1. The van der Waals surface area contributed by atoms with E-state index in [1.54, 1.807) is 6.92 Å². The number of nitrogens with zero attached hydrogens (tertiary/aromatic N) is 2. The number of hydrogen-bond acceptors (Lipinski definition) is 5. The van der Waals surface area contributed by atoms with E-state index in [0.29, 0.717) is 0 Å². The number of hydrogen-bond donors (Lipinski definition) is 2. The quantitative estimate of drug-likeness (QED) is 0.614. The Balaban J connectivity index is 2.21. The minimum atomic E-state index is -4.50. The first-order valence-corrected chi connectivity index (χ1v) is 9.21. The average molecular weight is 438 g/mol. The number of ether oxygens (including phenoxy) is 2. The van der Waals surface area contributed by atoms with E-state index in [-0.39, 0.29) is 48.8 Å². The van der Waals surface area contributed by atoms with E-state index in [4.69, 9.17) is 9.47 Å². The fourth-order valence-electron chi connectivity index (χ4n) is 2.75. The number of esters is 1. The molecule has 0 spiro atoms. The SMILES string of the molecule is CCOC(=O)c1c(NC(=O)NCc2cccc(C(F)(F)F)c2)c(C#N)cn1CCOC. The van der Waals surface area contributed by atoms with Crippen molar-refractivity contribution in [1.29, 1.82) is 5.26 Å². The molecule has 1 heterocycles. The summed E-state index contributed by atoms with van der Waals surface area (Å²) < 4.78 is 49.9. The van der Waals surface area contributed by atoms with Crippen LogP contribution in [0.1, 0.15) is 34.1 Å². The molecule has 166 valence electrons. The maximum atomic E-state index is 12.8. The predicted molar refractivity (Wildman–Crippen MR) is 104 cm³/mol. The van der Waals surface area contributed by atoms with Gasteiger partial charge in [-0.3, -0.25) is 0 Å². The maximum absolute atomic E-state index is 12.8. The van der Waals surface area contributed by atoms with Gasteiger partial charge in [0, 0.05) is 26.4 Å². The second kappa shape index (κ2) is 10.5. The first-order chi connectivity index (χ1) is 14.7. The molecule has 0 aliphatic carbocycles. The minimum absolute atomic E-state index is 0.0216. The van der Waals surface area contributed by atoms with E-state index in [2.05, 4.69) is 10.6 Å². The molecule has 0 saturated carbocycles. The third kappa shape index (κ3) is 6.23. The number of rotatable bonds is 8. The molecule has 0 bridgehead atoms. The van der Waals surface area contributed by atoms with Crippen molar-refractivity contribution in [3.63, 3.8) is 0 Å². The second-order valence-electron chi connectivity index (χ2n) is 6.29. The van der Waals surface area contributed by atoms with Gasteiger partial charge in [0.15, 0.2) is 5.69 Å². The number of methoxy groups -OCH3 is 1. The molecule has 11 heteroatoms. The number of alkyl halides is 3. The van der Waals surface area contributed by atoms with Crippen LogP contribution in [0.3, 0.4) is 0 Å². The fourth-order valence-corrected chi connectivity index (χ4v) is 2.75. The summed E-state index contributed by atoms with van der Waals surface area (Å²) in [5.74, 6) is -0.742. The summed E-state index contributed by atoms with van der Waals surface area (Å²) in [5.41, 5.74) is -0.677. The first-order valence-electron chi connectivity index (χ1n) is 9.21. The van der Waals surface area contributed by atoms with Crippen LogP contribution in [0, 0.1) is 11.3 Å². The van der Waals surface area contributed by atoms with Crippen molar-refractivity contribution in [3.8, 4) is 6.07 Å². The molecule has 0 radical (unpaired) electrons. The molecule has 0 unspecified atom stereocenters. The first kappa shape index (κ1) is 23.8. The molecule has 1 aromatic carbocycles. The second-order valence-corrected chi connectivity index (χ2v) is 6.29. The Labute approximate surface area is 176 Å². The summed E-state index contributed by atoms with van der Waals surface area (Å²) in [6.07, 6.45) is -3.12. The standard InChI is InChI=1S/C20H21F3N4O4/c1-3-31-18(28)17-16(14(10-24)12-27(17)7-8-30-2)26-19(29)25-11-13-5-4-6-15(9-13)20(21,22)23/h4-6,9,12H,3,7-8,11H2,1-2H3,(H2,25,26,29). The van der Waals surface area contributed by atoms with E-state index in [1.165, 1.54) is 30.0 Å². The number of carbonyl (C=O) groups is 2. The van der Waals surface area contributed by atoms with Gasteiger partial charge in [0.2, 0.25) is 0 Å². The molecular weight excluding hydrogens is 417 g/mol. The molecule has 31 heavy (non-hydrogen) atoms. The highest BCUT2D eigenvalue weighted by Gasteiger charge is 2.30. The Kier molecular flexibility index (Phi) is 8.04. The Bertz CT molecular complexity index is 980. The lowest BCUT2D eigenvalue weighted by Crippen LogP contribution is -2.29. The van der Waals surface area contributed by atoms with Gasteiger partial charge in [-0.25, -0.2) is 9.59 Å². The molecule has 0 aliphatic rings. The smallest absolute Gasteiger partial charge is 0.416 e. The van der Waals surface area contributed by atoms with Gasteiger partial charge in [-0.1, -0.05) is 12.1 Å². The van der Waals surface area contributed by atoms with Crippen LogP contribution in [0.25, 0.3) is 0 Å². The zero-order valence-electron chi connectivity index (χ0n) is 16.9. The van der Waals surface area contributed by atoms with Crippen molar-refractivity contribution in [2.24, 2.45) is 0 Å². The van der Waals surface area contributed by atoms with Gasteiger partial charge in [-0.05, 0) is 24.6 Å². The summed E-state index contributed by atoms with van der Waals surface area (Å²) in [5, 5.41) is 14.2. The zero-order valence-corrected chi connectivity index (χ0v) is 16.9. The molecule has 0 atom stereocenters. The Morgan fingerprint density at radius 3 is 2.65 bits per heavy atom. The molecule has 1 aromatic heterocycles. The maximum Gasteiger partial charge on any atom is 0.416 e. The van der Waals surface area contributed by atoms with Gasteiger partial charge in [0.1, 0.15) is 6.07 Å². The molecular formula is C20H21F3N4O4. The number of nitrogens with one attached hydrogen (secondary N) is 2. The Morgan fingerprint density at radius 2 is 2.03 bits per heavy atom. The lowest BCUT2D eigenvalue weighted by Gasteiger charge is -2.12. The zero-order chi connectivity index (χ0) is 23.0. The molecule has 0 saturated heterocycles. The fraction of sp³-hybridized carbons (Fsp3) is 0.350. The van der Waals surface area contributed by atoms with Crippen LogP contribution in [0.5, 0.6) is 0 Å². The topological polar surface area (TPSA) is 105 Å². The van der Waals surface area contributed by atoms with Gasteiger partial charge in [0.05, 0.1) is 30.0 Å². The van der Waals surface area contributed by atoms with E-state index in [0.717, 1.165) is 12.1 Å². The van der Waals surface area contributed by atoms with Crippen LogP contribution in [0.2, 0.25) is 0 Å². The normalized spacial score (nSPS) is 11.0. The van der Waals surface area contributed by atoms with Crippen molar-refractivity contribution in [3.05, 3.63) is 52.8 Å². The molecule has 2 N–H and O–H groups in total. The number of urea groups is 1. The van der Waals surface area contributed by atoms with E-state index in [9.17, 15) is 28.0 Å². The Morgan fingerprint density at radius 1 is 1.29 bits per heavy atom. The summed E-state index contributed by atoms with van der Waals surface area (Å²) in [6.45, 7) is 1.97. The Hall–Kier alpha value is -3.52.